The number of benzene rings is 2. The van der Waals surface area contributed by atoms with Gasteiger partial charge in [0.1, 0.15) is 0 Å². The molecular formula is C20H21N3O2. The molecule has 0 aliphatic carbocycles. The van der Waals surface area contributed by atoms with Crippen LogP contribution in [-0.4, -0.2) is 21.0 Å². The van der Waals surface area contributed by atoms with E-state index in [1.807, 2.05) is 42.1 Å². The molecule has 0 saturated heterocycles. The number of aryl methyl sites for hydroxylation is 3. The molecule has 1 amide bonds. The highest BCUT2D eigenvalue weighted by Crippen LogP contribution is 2.23. The van der Waals surface area contributed by atoms with E-state index in [0.29, 0.717) is 0 Å². The van der Waals surface area contributed by atoms with Gasteiger partial charge in [-0.1, -0.05) is 29.8 Å². The summed E-state index contributed by atoms with van der Waals surface area (Å²) in [6.45, 7) is 6.40. The molecule has 0 fully saturated rings. The number of nitrogens with one attached hydrogen (secondary N) is 1. The molecule has 2 aromatic carbocycles. The topological polar surface area (TPSA) is 67.2 Å². The van der Waals surface area contributed by atoms with Crippen LogP contribution in [0.3, 0.4) is 0 Å². The first-order valence-corrected chi connectivity index (χ1v) is 8.14. The van der Waals surface area contributed by atoms with Gasteiger partial charge in [-0.3, -0.25) is 0 Å². The Morgan fingerprint density at radius 1 is 1.08 bits per heavy atom. The molecule has 0 aliphatic rings. The highest BCUT2D eigenvalue weighted by atomic mass is 16.4. The zero-order valence-corrected chi connectivity index (χ0v) is 14.6. The minimum Gasteiger partial charge on any atom is -0.465 e. The van der Waals surface area contributed by atoms with Gasteiger partial charge in [-0.2, -0.15) is 5.10 Å². The molecule has 5 nitrogen and oxygen atoms in total. The number of amides is 1. The van der Waals surface area contributed by atoms with Crippen LogP contribution < -0.4 is 5.32 Å². The lowest BCUT2D eigenvalue weighted by Gasteiger charge is -2.08. The molecule has 128 valence electrons. The Kier molecular flexibility index (Phi) is 4.57. The molecule has 5 heteroatoms. The normalized spacial score (nSPS) is 10.7. The molecular weight excluding hydrogens is 314 g/mol. The first-order valence-electron chi connectivity index (χ1n) is 8.14. The highest BCUT2D eigenvalue weighted by molar-refractivity contribution is 5.65. The van der Waals surface area contributed by atoms with Crippen molar-refractivity contribution in [2.24, 2.45) is 0 Å². The lowest BCUT2D eigenvalue weighted by molar-refractivity contribution is 0.194. The van der Waals surface area contributed by atoms with E-state index >= 15 is 0 Å². The Hall–Kier alpha value is -3.08. The van der Waals surface area contributed by atoms with Gasteiger partial charge in [-0.05, 0) is 55.7 Å². The molecule has 0 saturated carbocycles. The summed E-state index contributed by atoms with van der Waals surface area (Å²) >= 11 is 0. The fourth-order valence-corrected chi connectivity index (χ4v) is 2.87. The first-order chi connectivity index (χ1) is 11.9. The van der Waals surface area contributed by atoms with Gasteiger partial charge >= 0.3 is 6.09 Å². The third-order valence-electron chi connectivity index (χ3n) is 4.26. The number of nitrogens with zero attached hydrogens (tertiary/aromatic N) is 2. The second kappa shape index (κ2) is 6.81. The van der Waals surface area contributed by atoms with Crippen LogP contribution in [-0.2, 0) is 6.54 Å². The van der Waals surface area contributed by atoms with Crippen LogP contribution in [0, 0.1) is 20.8 Å². The second-order valence-corrected chi connectivity index (χ2v) is 6.24. The van der Waals surface area contributed by atoms with Gasteiger partial charge in [0.15, 0.2) is 0 Å². The Balaban J connectivity index is 1.92. The molecule has 0 radical (unpaired) electrons. The van der Waals surface area contributed by atoms with Gasteiger partial charge in [0.05, 0.1) is 11.4 Å². The lowest BCUT2D eigenvalue weighted by atomic mass is 10.0. The summed E-state index contributed by atoms with van der Waals surface area (Å²) in [5.74, 6) is 0. The summed E-state index contributed by atoms with van der Waals surface area (Å²) < 4.78 is 1.87. The Bertz CT molecular complexity index is 928. The van der Waals surface area contributed by atoms with Crippen molar-refractivity contribution in [3.63, 3.8) is 0 Å². The van der Waals surface area contributed by atoms with Crippen LogP contribution in [0.15, 0.2) is 48.7 Å². The number of hydrogen-bond acceptors (Lipinski definition) is 2. The molecule has 0 unspecified atom stereocenters. The van der Waals surface area contributed by atoms with Gasteiger partial charge < -0.3 is 10.4 Å². The maximum atomic E-state index is 10.7. The summed E-state index contributed by atoms with van der Waals surface area (Å²) in [4.78, 5) is 10.7. The standard InChI is InChI=1S/C20H21N3O2/c1-13-4-7-19(15(3)10-13)23-9-8-18(22-23)16-6-5-14(2)17(11-16)12-21-20(24)25/h4-11,21H,12H2,1-3H3,(H,24,25). The SMILES string of the molecule is Cc1ccc(-n2ccc(-c3ccc(C)c(CNC(=O)O)c3)n2)c(C)c1. The number of carboxylic acid groups (broad SMARTS) is 1. The van der Waals surface area contributed by atoms with Crippen molar-refractivity contribution < 1.29 is 9.90 Å². The molecule has 0 bridgehead atoms. The Morgan fingerprint density at radius 2 is 1.88 bits per heavy atom. The van der Waals surface area contributed by atoms with Crippen LogP contribution >= 0.6 is 0 Å². The predicted molar refractivity (Wildman–Crippen MR) is 98.1 cm³/mol. The minimum atomic E-state index is -1.02. The van der Waals surface area contributed by atoms with Gasteiger partial charge in [-0.15, -0.1) is 0 Å². The third-order valence-corrected chi connectivity index (χ3v) is 4.26. The third kappa shape index (κ3) is 3.71. The van der Waals surface area contributed by atoms with Crippen molar-refractivity contribution in [1.29, 1.82) is 0 Å². The molecule has 25 heavy (non-hydrogen) atoms. The van der Waals surface area contributed by atoms with E-state index in [4.69, 9.17) is 5.11 Å². The van der Waals surface area contributed by atoms with Crippen LogP contribution in [0.1, 0.15) is 22.3 Å². The highest BCUT2D eigenvalue weighted by Gasteiger charge is 2.09. The smallest absolute Gasteiger partial charge is 0.404 e. The van der Waals surface area contributed by atoms with Crippen LogP contribution in [0.4, 0.5) is 4.79 Å². The van der Waals surface area contributed by atoms with E-state index in [1.165, 1.54) is 11.1 Å². The fourth-order valence-electron chi connectivity index (χ4n) is 2.87. The second-order valence-electron chi connectivity index (χ2n) is 6.24. The van der Waals surface area contributed by atoms with E-state index in [1.54, 1.807) is 0 Å². The maximum Gasteiger partial charge on any atom is 0.404 e. The van der Waals surface area contributed by atoms with E-state index in [0.717, 1.165) is 28.1 Å². The zero-order valence-electron chi connectivity index (χ0n) is 14.6. The average Bonchev–Trinajstić information content (AvgIpc) is 3.03. The molecule has 3 rings (SSSR count). The molecule has 0 aliphatic heterocycles. The van der Waals surface area contributed by atoms with Gasteiger partial charge in [0, 0.05) is 18.3 Å². The van der Waals surface area contributed by atoms with Crippen molar-refractivity contribution in [2.75, 3.05) is 0 Å². The number of rotatable bonds is 4. The summed E-state index contributed by atoms with van der Waals surface area (Å²) in [5.41, 5.74) is 7.27. The predicted octanol–water partition coefficient (Wildman–Crippen LogP) is 4.23. The molecule has 1 heterocycles. The van der Waals surface area contributed by atoms with Crippen molar-refractivity contribution >= 4 is 6.09 Å². The molecule has 1 aromatic heterocycles. The minimum absolute atomic E-state index is 0.285. The Morgan fingerprint density at radius 3 is 2.60 bits per heavy atom. The molecule has 0 spiro atoms. The maximum absolute atomic E-state index is 10.7. The summed E-state index contributed by atoms with van der Waals surface area (Å²) in [5, 5.41) is 15.9. The van der Waals surface area contributed by atoms with Gasteiger partial charge in [-0.25, -0.2) is 9.48 Å². The first kappa shape index (κ1) is 16.8. The lowest BCUT2D eigenvalue weighted by Crippen LogP contribution is -2.20. The number of aromatic nitrogens is 2. The fraction of sp³-hybridized carbons (Fsp3) is 0.200. The summed E-state index contributed by atoms with van der Waals surface area (Å²) in [7, 11) is 0. The van der Waals surface area contributed by atoms with Crippen LogP contribution in [0.25, 0.3) is 16.9 Å². The van der Waals surface area contributed by atoms with E-state index < -0.39 is 6.09 Å². The van der Waals surface area contributed by atoms with Crippen molar-refractivity contribution in [3.05, 3.63) is 70.9 Å². The number of hydrogen-bond donors (Lipinski definition) is 2. The number of carbonyl (C=O) groups is 1. The van der Waals surface area contributed by atoms with E-state index in [9.17, 15) is 4.79 Å². The van der Waals surface area contributed by atoms with Crippen molar-refractivity contribution in [2.45, 2.75) is 27.3 Å². The van der Waals surface area contributed by atoms with Crippen LogP contribution in [0.5, 0.6) is 0 Å². The Labute approximate surface area is 146 Å². The molecule has 3 aromatic rings. The van der Waals surface area contributed by atoms with E-state index in [-0.39, 0.29) is 6.54 Å². The summed E-state index contributed by atoms with van der Waals surface area (Å²) in [6, 6.07) is 14.2. The van der Waals surface area contributed by atoms with E-state index in [2.05, 4.69) is 42.5 Å². The van der Waals surface area contributed by atoms with Crippen molar-refractivity contribution in [3.8, 4) is 16.9 Å². The largest absolute Gasteiger partial charge is 0.465 e. The quantitative estimate of drug-likeness (QED) is 0.749. The zero-order chi connectivity index (χ0) is 18.0. The van der Waals surface area contributed by atoms with Gasteiger partial charge in [0.25, 0.3) is 0 Å². The van der Waals surface area contributed by atoms with Crippen molar-refractivity contribution in [1.82, 2.24) is 15.1 Å². The average molecular weight is 335 g/mol. The summed E-state index contributed by atoms with van der Waals surface area (Å²) in [6.07, 6.45) is 0.922. The molecule has 0 atom stereocenters. The monoisotopic (exact) mass is 335 g/mol. The van der Waals surface area contributed by atoms with Gasteiger partial charge in [0.2, 0.25) is 0 Å². The molecule has 2 N–H and O–H groups in total. The van der Waals surface area contributed by atoms with Crippen LogP contribution in [0.2, 0.25) is 0 Å².